The smallest absolute Gasteiger partial charge is 0.253 e. The first kappa shape index (κ1) is 16.5. The van der Waals surface area contributed by atoms with E-state index < -0.39 is 9.84 Å². The number of sulfone groups is 1. The average molecular weight is 361 g/mol. The summed E-state index contributed by atoms with van der Waals surface area (Å²) in [6, 6.07) is 8.09. The van der Waals surface area contributed by atoms with E-state index in [4.69, 9.17) is 0 Å². The summed E-state index contributed by atoms with van der Waals surface area (Å²) >= 11 is 1.45. The lowest BCUT2D eigenvalue weighted by Crippen LogP contribution is -2.20. The maximum atomic E-state index is 11.9. The minimum Gasteiger partial charge on any atom is -0.293 e. The Bertz CT molecular complexity index is 1030. The Morgan fingerprint density at radius 1 is 1.21 bits per heavy atom. The maximum absolute atomic E-state index is 11.9. The topological polar surface area (TPSA) is 81.9 Å². The second kappa shape index (κ2) is 6.29. The normalized spacial score (nSPS) is 11.6. The number of benzene rings is 1. The predicted molar refractivity (Wildman–Crippen MR) is 93.0 cm³/mol. The molecule has 124 valence electrons. The van der Waals surface area contributed by atoms with E-state index in [0.29, 0.717) is 12.2 Å². The Kier molecular flexibility index (Phi) is 4.33. The molecule has 0 saturated carbocycles. The average Bonchev–Trinajstić information content (AvgIpc) is 2.98. The summed E-state index contributed by atoms with van der Waals surface area (Å²) in [5.74, 6) is 0. The zero-order chi connectivity index (χ0) is 17.3. The second-order valence-corrected chi connectivity index (χ2v) is 8.31. The van der Waals surface area contributed by atoms with Gasteiger partial charge in [-0.1, -0.05) is 12.1 Å². The van der Waals surface area contributed by atoms with Gasteiger partial charge in [0, 0.05) is 29.0 Å². The van der Waals surface area contributed by atoms with E-state index in [1.54, 1.807) is 31.2 Å². The fraction of sp³-hybridized carbons (Fsp3) is 0.188. The molecule has 2 aromatic heterocycles. The molecule has 0 radical (unpaired) electrons. The third-order valence-corrected chi connectivity index (χ3v) is 5.50. The molecule has 1 aromatic carbocycles. The van der Waals surface area contributed by atoms with Crippen LogP contribution in [0.4, 0.5) is 0 Å². The van der Waals surface area contributed by atoms with Crippen molar-refractivity contribution in [1.82, 2.24) is 14.5 Å². The molecule has 3 aromatic rings. The van der Waals surface area contributed by atoms with Crippen LogP contribution in [-0.4, -0.2) is 29.2 Å². The number of hydrogen-bond acceptors (Lipinski definition) is 6. The zero-order valence-electron chi connectivity index (χ0n) is 13.1. The molecule has 0 aliphatic rings. The lowest BCUT2D eigenvalue weighted by atomic mass is 10.2. The third-order valence-electron chi connectivity index (χ3n) is 3.43. The molecular formula is C16H15N3O3S2. The highest BCUT2D eigenvalue weighted by Crippen LogP contribution is 2.25. The Morgan fingerprint density at radius 3 is 2.54 bits per heavy atom. The lowest BCUT2D eigenvalue weighted by molar-refractivity contribution is 0.602. The summed E-state index contributed by atoms with van der Waals surface area (Å²) in [6.07, 6.45) is 2.69. The highest BCUT2D eigenvalue weighted by atomic mass is 32.2. The van der Waals surface area contributed by atoms with Gasteiger partial charge < -0.3 is 0 Å². The maximum Gasteiger partial charge on any atom is 0.253 e. The minimum absolute atomic E-state index is 0.116. The molecule has 0 aliphatic carbocycles. The van der Waals surface area contributed by atoms with Gasteiger partial charge in [-0.05, 0) is 19.1 Å². The van der Waals surface area contributed by atoms with Gasteiger partial charge in [-0.25, -0.2) is 18.4 Å². The van der Waals surface area contributed by atoms with E-state index in [2.05, 4.69) is 9.97 Å². The zero-order valence-corrected chi connectivity index (χ0v) is 14.8. The van der Waals surface area contributed by atoms with Crippen LogP contribution in [0.2, 0.25) is 0 Å². The molecule has 0 atom stereocenters. The van der Waals surface area contributed by atoms with Gasteiger partial charge in [0.2, 0.25) is 0 Å². The number of nitrogens with zero attached hydrogens (tertiary/aromatic N) is 3. The van der Waals surface area contributed by atoms with Crippen molar-refractivity contribution < 1.29 is 8.42 Å². The van der Waals surface area contributed by atoms with E-state index in [9.17, 15) is 13.2 Å². The van der Waals surface area contributed by atoms with Crippen molar-refractivity contribution in [3.8, 4) is 10.6 Å². The first-order valence-corrected chi connectivity index (χ1v) is 9.88. The van der Waals surface area contributed by atoms with E-state index >= 15 is 0 Å². The van der Waals surface area contributed by atoms with Gasteiger partial charge in [-0.2, -0.15) is 0 Å². The van der Waals surface area contributed by atoms with Gasteiger partial charge >= 0.3 is 0 Å². The molecule has 0 N–H and O–H groups in total. The van der Waals surface area contributed by atoms with Crippen molar-refractivity contribution in [2.24, 2.45) is 0 Å². The number of rotatable bonds is 4. The van der Waals surface area contributed by atoms with E-state index in [1.807, 2.05) is 5.38 Å². The Morgan fingerprint density at radius 2 is 1.92 bits per heavy atom. The van der Waals surface area contributed by atoms with E-state index in [0.717, 1.165) is 16.3 Å². The minimum atomic E-state index is -3.21. The largest absolute Gasteiger partial charge is 0.293 e. The van der Waals surface area contributed by atoms with Crippen LogP contribution in [0.25, 0.3) is 10.6 Å². The molecule has 3 rings (SSSR count). The molecule has 8 heteroatoms. The molecule has 24 heavy (non-hydrogen) atoms. The quantitative estimate of drug-likeness (QED) is 0.711. The van der Waals surface area contributed by atoms with E-state index in [1.165, 1.54) is 34.6 Å². The number of aryl methyl sites for hydroxylation is 1. The molecule has 0 bridgehead atoms. The molecule has 2 heterocycles. The van der Waals surface area contributed by atoms with Crippen LogP contribution in [0.3, 0.4) is 0 Å². The number of hydrogen-bond donors (Lipinski definition) is 0. The van der Waals surface area contributed by atoms with Crippen molar-refractivity contribution in [1.29, 1.82) is 0 Å². The lowest BCUT2D eigenvalue weighted by Gasteiger charge is -2.02. The molecule has 0 spiro atoms. The summed E-state index contributed by atoms with van der Waals surface area (Å²) in [6.45, 7) is 2.12. The second-order valence-electron chi connectivity index (χ2n) is 5.44. The van der Waals surface area contributed by atoms with E-state index in [-0.39, 0.29) is 10.5 Å². The predicted octanol–water partition coefficient (Wildman–Crippen LogP) is 2.13. The molecule has 0 saturated heterocycles. The van der Waals surface area contributed by atoms with Crippen molar-refractivity contribution >= 4 is 21.2 Å². The van der Waals surface area contributed by atoms with Crippen LogP contribution in [0.1, 0.15) is 11.4 Å². The number of aromatic nitrogens is 3. The van der Waals surface area contributed by atoms with Gasteiger partial charge in [0.05, 0.1) is 23.5 Å². The highest BCUT2D eigenvalue weighted by molar-refractivity contribution is 7.90. The van der Waals surface area contributed by atoms with Gasteiger partial charge in [-0.15, -0.1) is 11.3 Å². The van der Waals surface area contributed by atoms with Crippen molar-refractivity contribution in [3.05, 3.63) is 63.8 Å². The van der Waals surface area contributed by atoms with Gasteiger partial charge in [-0.3, -0.25) is 9.36 Å². The monoisotopic (exact) mass is 361 g/mol. The van der Waals surface area contributed by atoms with Crippen molar-refractivity contribution in [2.45, 2.75) is 18.4 Å². The molecule has 0 amide bonds. The SMILES string of the molecule is Cc1cc(=O)n(Cc2csc(-c3ccc(S(C)(=O)=O)cc3)n2)cn1. The Hall–Kier alpha value is -2.32. The summed E-state index contributed by atoms with van der Waals surface area (Å²) in [5, 5.41) is 2.66. The summed E-state index contributed by atoms with van der Waals surface area (Å²) in [5.41, 5.74) is 2.17. The van der Waals surface area contributed by atoms with Crippen LogP contribution in [-0.2, 0) is 16.4 Å². The Labute approximate surface area is 143 Å². The fourth-order valence-electron chi connectivity index (χ4n) is 2.17. The van der Waals surface area contributed by atoms with Crippen molar-refractivity contribution in [2.75, 3.05) is 6.26 Å². The number of thiazole rings is 1. The van der Waals surface area contributed by atoms with Crippen LogP contribution < -0.4 is 5.56 Å². The summed E-state index contributed by atoms with van der Waals surface area (Å²) in [7, 11) is -3.21. The molecule has 6 nitrogen and oxygen atoms in total. The van der Waals surface area contributed by atoms with Crippen molar-refractivity contribution in [3.63, 3.8) is 0 Å². The molecule has 0 unspecified atom stereocenters. The van der Waals surface area contributed by atoms with Gasteiger partial charge in [0.25, 0.3) is 5.56 Å². The Balaban J connectivity index is 1.84. The first-order valence-electron chi connectivity index (χ1n) is 7.11. The first-order chi connectivity index (χ1) is 11.3. The van der Waals surface area contributed by atoms with Crippen LogP contribution in [0.15, 0.2) is 51.7 Å². The van der Waals surface area contributed by atoms with Gasteiger partial charge in [0.1, 0.15) is 5.01 Å². The molecule has 0 aliphatic heterocycles. The van der Waals surface area contributed by atoms with Crippen LogP contribution >= 0.6 is 11.3 Å². The standard InChI is InChI=1S/C16H15N3O3S2/c1-11-7-15(20)19(10-17-11)8-13-9-23-16(18-13)12-3-5-14(6-4-12)24(2,21)22/h3-7,9-10H,8H2,1-2H3. The molecular weight excluding hydrogens is 346 g/mol. The molecule has 0 fully saturated rings. The van der Waals surface area contributed by atoms with Crippen LogP contribution in [0.5, 0.6) is 0 Å². The van der Waals surface area contributed by atoms with Gasteiger partial charge in [0.15, 0.2) is 9.84 Å². The summed E-state index contributed by atoms with van der Waals surface area (Å²) < 4.78 is 24.5. The fourth-order valence-corrected chi connectivity index (χ4v) is 3.61. The van der Waals surface area contributed by atoms with Crippen LogP contribution in [0, 0.1) is 6.92 Å². The third kappa shape index (κ3) is 3.60. The highest BCUT2D eigenvalue weighted by Gasteiger charge is 2.10. The summed E-state index contributed by atoms with van der Waals surface area (Å²) in [4.78, 5) is 20.8.